The van der Waals surface area contributed by atoms with Crippen molar-refractivity contribution >= 4 is 12.2 Å². The Bertz CT molecular complexity index is 460. The van der Waals surface area contributed by atoms with Crippen LogP contribution in [0.1, 0.15) is 54.9 Å². The minimum atomic E-state index is -0.484. The molecule has 0 aliphatic carbocycles. The topological polar surface area (TPSA) is 62.3 Å². The molecule has 26 heavy (non-hydrogen) atoms. The second kappa shape index (κ2) is 9.44. The largest absolute Gasteiger partial charge is 0.444 e. The van der Waals surface area contributed by atoms with E-state index in [0.29, 0.717) is 26.2 Å². The molecule has 1 heterocycles. The van der Waals surface area contributed by atoms with E-state index in [1.807, 2.05) is 41.5 Å². The highest BCUT2D eigenvalue weighted by molar-refractivity contribution is 5.68. The third-order valence-corrected chi connectivity index (χ3v) is 3.86. The minimum absolute atomic E-state index is 0.251. The van der Waals surface area contributed by atoms with Gasteiger partial charge in [-0.2, -0.15) is 0 Å². The summed E-state index contributed by atoms with van der Waals surface area (Å²) >= 11 is 0. The molecule has 0 unspecified atom stereocenters. The SMILES string of the molecule is CCCN(CCN1CCN(C(=O)OC(C)(C)C)CC1)C(=O)OC(C)(C)C. The fourth-order valence-corrected chi connectivity index (χ4v) is 2.63. The Hall–Kier alpha value is -1.50. The average Bonchev–Trinajstić information content (AvgIpc) is 2.48. The monoisotopic (exact) mass is 371 g/mol. The first-order chi connectivity index (χ1) is 11.9. The molecule has 0 spiro atoms. The summed E-state index contributed by atoms with van der Waals surface area (Å²) in [6.45, 7) is 18.3. The van der Waals surface area contributed by atoms with Crippen LogP contribution in [0.3, 0.4) is 0 Å². The number of carbonyl (C=O) groups excluding carboxylic acids is 2. The quantitative estimate of drug-likeness (QED) is 0.743. The summed E-state index contributed by atoms with van der Waals surface area (Å²) in [6, 6.07) is 0. The molecule has 0 radical (unpaired) electrons. The zero-order chi connectivity index (χ0) is 20.0. The lowest BCUT2D eigenvalue weighted by Crippen LogP contribution is -2.51. The predicted octanol–water partition coefficient (Wildman–Crippen LogP) is 3.19. The van der Waals surface area contributed by atoms with Crippen molar-refractivity contribution in [1.29, 1.82) is 0 Å². The van der Waals surface area contributed by atoms with Gasteiger partial charge in [0.2, 0.25) is 0 Å². The van der Waals surface area contributed by atoms with Crippen molar-refractivity contribution in [3.8, 4) is 0 Å². The maximum absolute atomic E-state index is 12.3. The van der Waals surface area contributed by atoms with Crippen molar-refractivity contribution in [2.45, 2.75) is 66.1 Å². The van der Waals surface area contributed by atoms with Gasteiger partial charge in [-0.3, -0.25) is 4.90 Å². The normalized spacial score (nSPS) is 16.3. The highest BCUT2D eigenvalue weighted by Crippen LogP contribution is 2.13. The lowest BCUT2D eigenvalue weighted by molar-refractivity contribution is 0.0117. The lowest BCUT2D eigenvalue weighted by Gasteiger charge is -2.36. The number of amides is 2. The van der Waals surface area contributed by atoms with Gasteiger partial charge in [-0.1, -0.05) is 6.92 Å². The fraction of sp³-hybridized carbons (Fsp3) is 0.895. The molecule has 1 saturated heterocycles. The summed E-state index contributed by atoms with van der Waals surface area (Å²) in [4.78, 5) is 30.2. The van der Waals surface area contributed by atoms with E-state index >= 15 is 0 Å². The smallest absolute Gasteiger partial charge is 0.410 e. The number of hydrogen-bond donors (Lipinski definition) is 0. The fourth-order valence-electron chi connectivity index (χ4n) is 2.63. The summed E-state index contributed by atoms with van der Waals surface area (Å²) in [5.74, 6) is 0. The van der Waals surface area contributed by atoms with Crippen LogP contribution in [0.15, 0.2) is 0 Å². The minimum Gasteiger partial charge on any atom is -0.444 e. The van der Waals surface area contributed by atoms with E-state index in [2.05, 4.69) is 11.8 Å². The van der Waals surface area contributed by atoms with E-state index in [-0.39, 0.29) is 12.2 Å². The summed E-state index contributed by atoms with van der Waals surface area (Å²) in [6.07, 6.45) is 0.385. The van der Waals surface area contributed by atoms with Crippen LogP contribution in [-0.2, 0) is 9.47 Å². The van der Waals surface area contributed by atoms with E-state index in [1.54, 1.807) is 9.80 Å². The maximum atomic E-state index is 12.3. The number of nitrogens with zero attached hydrogens (tertiary/aromatic N) is 3. The third-order valence-electron chi connectivity index (χ3n) is 3.86. The molecule has 0 bridgehead atoms. The maximum Gasteiger partial charge on any atom is 0.410 e. The van der Waals surface area contributed by atoms with Crippen molar-refractivity contribution in [3.63, 3.8) is 0 Å². The molecule has 0 saturated carbocycles. The number of rotatable bonds is 5. The molecule has 0 atom stereocenters. The zero-order valence-corrected chi connectivity index (χ0v) is 17.6. The first-order valence-electron chi connectivity index (χ1n) is 9.59. The van der Waals surface area contributed by atoms with Crippen LogP contribution in [0.4, 0.5) is 9.59 Å². The summed E-state index contributed by atoms with van der Waals surface area (Å²) in [7, 11) is 0. The highest BCUT2D eigenvalue weighted by atomic mass is 16.6. The van der Waals surface area contributed by atoms with Crippen LogP contribution < -0.4 is 0 Å². The molecular formula is C19H37N3O4. The van der Waals surface area contributed by atoms with Gasteiger partial charge in [0.05, 0.1) is 0 Å². The average molecular weight is 372 g/mol. The number of carbonyl (C=O) groups is 2. The molecule has 1 aliphatic rings. The standard InChI is InChI=1S/C19H37N3O4/c1-8-9-21(16(23)25-18(2,3)4)13-10-20-11-14-22(15-12-20)17(24)26-19(5,6)7/h8-15H2,1-7H3. The molecule has 1 rings (SSSR count). The van der Waals surface area contributed by atoms with Gasteiger partial charge in [0.25, 0.3) is 0 Å². The van der Waals surface area contributed by atoms with Gasteiger partial charge in [-0.25, -0.2) is 9.59 Å². The van der Waals surface area contributed by atoms with Gasteiger partial charge in [0, 0.05) is 45.8 Å². The van der Waals surface area contributed by atoms with Crippen molar-refractivity contribution in [2.24, 2.45) is 0 Å². The molecular weight excluding hydrogens is 334 g/mol. The Morgan fingerprint density at radius 3 is 1.88 bits per heavy atom. The number of hydrogen-bond acceptors (Lipinski definition) is 5. The van der Waals surface area contributed by atoms with Crippen LogP contribution in [0, 0.1) is 0 Å². The van der Waals surface area contributed by atoms with Crippen LogP contribution in [0.5, 0.6) is 0 Å². The Morgan fingerprint density at radius 2 is 1.42 bits per heavy atom. The van der Waals surface area contributed by atoms with Crippen LogP contribution in [0.2, 0.25) is 0 Å². The third kappa shape index (κ3) is 8.74. The van der Waals surface area contributed by atoms with Gasteiger partial charge in [-0.15, -0.1) is 0 Å². The van der Waals surface area contributed by atoms with Crippen LogP contribution in [0.25, 0.3) is 0 Å². The van der Waals surface area contributed by atoms with Crippen molar-refractivity contribution in [3.05, 3.63) is 0 Å². The summed E-state index contributed by atoms with van der Waals surface area (Å²) < 4.78 is 10.9. The molecule has 0 N–H and O–H groups in total. The van der Waals surface area contributed by atoms with Crippen molar-refractivity contribution < 1.29 is 19.1 Å². The molecule has 0 aromatic carbocycles. The highest BCUT2D eigenvalue weighted by Gasteiger charge is 2.27. The van der Waals surface area contributed by atoms with E-state index in [1.165, 1.54) is 0 Å². The van der Waals surface area contributed by atoms with Crippen molar-refractivity contribution in [1.82, 2.24) is 14.7 Å². The number of piperazine rings is 1. The van der Waals surface area contributed by atoms with E-state index < -0.39 is 11.2 Å². The molecule has 2 amide bonds. The molecule has 152 valence electrons. The Kier molecular flexibility index (Phi) is 8.18. The zero-order valence-electron chi connectivity index (χ0n) is 17.6. The summed E-state index contributed by atoms with van der Waals surface area (Å²) in [5, 5.41) is 0. The first kappa shape index (κ1) is 22.5. The van der Waals surface area contributed by atoms with E-state index in [9.17, 15) is 9.59 Å². The van der Waals surface area contributed by atoms with Crippen LogP contribution >= 0.6 is 0 Å². The van der Waals surface area contributed by atoms with Gasteiger partial charge in [0.1, 0.15) is 11.2 Å². The Labute approximate surface area is 158 Å². The first-order valence-corrected chi connectivity index (χ1v) is 9.59. The van der Waals surface area contributed by atoms with Gasteiger partial charge < -0.3 is 19.3 Å². The Balaban J connectivity index is 2.43. The van der Waals surface area contributed by atoms with Crippen molar-refractivity contribution in [2.75, 3.05) is 45.8 Å². The second-order valence-corrected chi connectivity index (χ2v) is 8.78. The van der Waals surface area contributed by atoms with Crippen LogP contribution in [-0.4, -0.2) is 83.9 Å². The van der Waals surface area contributed by atoms with Gasteiger partial charge in [0.15, 0.2) is 0 Å². The number of ether oxygens (including phenoxy) is 2. The summed E-state index contributed by atoms with van der Waals surface area (Å²) in [5.41, 5.74) is -0.954. The molecule has 0 aromatic rings. The molecule has 1 aliphatic heterocycles. The lowest BCUT2D eigenvalue weighted by atomic mass is 10.2. The molecule has 7 heteroatoms. The predicted molar refractivity (Wildman–Crippen MR) is 102 cm³/mol. The van der Waals surface area contributed by atoms with Gasteiger partial charge >= 0.3 is 12.2 Å². The second-order valence-electron chi connectivity index (χ2n) is 8.78. The molecule has 7 nitrogen and oxygen atoms in total. The Morgan fingerprint density at radius 1 is 0.885 bits per heavy atom. The van der Waals surface area contributed by atoms with E-state index in [0.717, 1.165) is 26.1 Å². The van der Waals surface area contributed by atoms with E-state index in [4.69, 9.17) is 9.47 Å². The molecule has 0 aromatic heterocycles. The molecule has 1 fully saturated rings. The van der Waals surface area contributed by atoms with Gasteiger partial charge in [-0.05, 0) is 48.0 Å².